The molecular weight excluding hydrogens is 502 g/mol. The van der Waals surface area contributed by atoms with E-state index in [1.165, 1.54) is 6.07 Å². The normalized spacial score (nSPS) is 11.9. The molecule has 10 heteroatoms. The summed E-state index contributed by atoms with van der Waals surface area (Å²) < 4.78 is 34.5. The van der Waals surface area contributed by atoms with E-state index in [0.717, 1.165) is 23.2 Å². The van der Waals surface area contributed by atoms with E-state index in [9.17, 15) is 13.2 Å². The topological polar surface area (TPSA) is 114 Å². The highest BCUT2D eigenvalue weighted by molar-refractivity contribution is 7.90. The highest BCUT2D eigenvalue weighted by atomic mass is 32.2. The summed E-state index contributed by atoms with van der Waals surface area (Å²) in [6, 6.07) is 11.8. The highest BCUT2D eigenvalue weighted by Gasteiger charge is 2.26. The molecule has 2 heterocycles. The number of rotatable bonds is 9. The molecule has 0 aliphatic carbocycles. The molecule has 2 aromatic heterocycles. The minimum Gasteiger partial charge on any atom is -0.438 e. The van der Waals surface area contributed by atoms with E-state index in [-0.39, 0.29) is 21.9 Å². The number of nitrogens with zero attached hydrogens (tertiary/aromatic N) is 3. The average Bonchev–Trinajstić information content (AvgIpc) is 2.80. The van der Waals surface area contributed by atoms with Crippen molar-refractivity contribution in [3.8, 4) is 11.6 Å². The highest BCUT2D eigenvalue weighted by Crippen LogP contribution is 2.33. The van der Waals surface area contributed by atoms with Gasteiger partial charge >= 0.3 is 0 Å². The van der Waals surface area contributed by atoms with Crippen molar-refractivity contribution in [2.24, 2.45) is 0 Å². The molecule has 0 unspecified atom stereocenters. The average molecular weight is 540 g/mol. The molecule has 0 aliphatic heterocycles. The van der Waals surface area contributed by atoms with E-state index in [4.69, 9.17) is 4.74 Å². The van der Waals surface area contributed by atoms with Crippen molar-refractivity contribution in [2.75, 3.05) is 32.5 Å². The number of nitrogens with one attached hydrogen (secondary N) is 2. The number of amides is 1. The fourth-order valence-corrected chi connectivity index (χ4v) is 4.77. The van der Waals surface area contributed by atoms with Crippen molar-refractivity contribution >= 4 is 21.7 Å². The molecule has 1 aromatic carbocycles. The van der Waals surface area contributed by atoms with E-state index in [2.05, 4.69) is 20.0 Å². The lowest BCUT2D eigenvalue weighted by Gasteiger charge is -2.21. The number of hydrogen-bond acceptors (Lipinski definition) is 8. The first kappa shape index (κ1) is 29.1. The Hall–Kier alpha value is -3.50. The molecule has 1 amide bonds. The Morgan fingerprint density at radius 1 is 1.00 bits per heavy atom. The molecule has 0 aliphatic rings. The summed E-state index contributed by atoms with van der Waals surface area (Å²) in [6.45, 7) is 13.1. The van der Waals surface area contributed by atoms with E-state index < -0.39 is 15.9 Å². The minimum atomic E-state index is -4.27. The van der Waals surface area contributed by atoms with Crippen molar-refractivity contribution in [1.82, 2.24) is 19.6 Å². The SMILES string of the molecule is Cc1cc(C)c(Oc2nc(C(C)(C)C)ccc2C(=O)NS(=O)(=O)c2cccc(NCCN(C)C)n2)c(C)c1. The second kappa shape index (κ2) is 11.5. The van der Waals surface area contributed by atoms with Gasteiger partial charge in [0.25, 0.3) is 15.9 Å². The standard InChI is InChI=1S/C28H37N5O4S/c1-18-16-19(2)25(20(3)17-18)37-27-21(12-13-22(30-27)28(4,5)6)26(34)32-38(35,36)24-11-9-10-23(31-24)29-14-15-33(7)8/h9-13,16-17H,14-15H2,1-8H3,(H,29,31)(H,32,34). The summed E-state index contributed by atoms with van der Waals surface area (Å²) in [5.74, 6) is 0.146. The molecule has 0 spiro atoms. The summed E-state index contributed by atoms with van der Waals surface area (Å²) in [5, 5.41) is 2.81. The van der Waals surface area contributed by atoms with Gasteiger partial charge in [0.15, 0.2) is 5.03 Å². The summed E-state index contributed by atoms with van der Waals surface area (Å²) in [5.41, 5.74) is 3.23. The van der Waals surface area contributed by atoms with Crippen LogP contribution in [0.5, 0.6) is 11.6 Å². The maximum absolute atomic E-state index is 13.3. The number of aryl methyl sites for hydroxylation is 3. The van der Waals surface area contributed by atoms with Crippen molar-refractivity contribution in [1.29, 1.82) is 0 Å². The van der Waals surface area contributed by atoms with Crippen LogP contribution >= 0.6 is 0 Å². The second-order valence-corrected chi connectivity index (χ2v) is 12.3. The fourth-order valence-electron chi connectivity index (χ4n) is 3.83. The van der Waals surface area contributed by atoms with Crippen molar-refractivity contribution in [3.63, 3.8) is 0 Å². The van der Waals surface area contributed by atoms with Gasteiger partial charge in [0.2, 0.25) is 5.88 Å². The molecule has 38 heavy (non-hydrogen) atoms. The maximum Gasteiger partial charge on any atom is 0.281 e. The number of ether oxygens (including phenoxy) is 1. The van der Waals surface area contributed by atoms with Crippen LogP contribution in [0.1, 0.15) is 53.5 Å². The number of anilines is 1. The van der Waals surface area contributed by atoms with Gasteiger partial charge < -0.3 is 15.0 Å². The zero-order chi connectivity index (χ0) is 28.3. The molecule has 9 nitrogen and oxygen atoms in total. The number of hydrogen-bond donors (Lipinski definition) is 2. The smallest absolute Gasteiger partial charge is 0.281 e. The van der Waals surface area contributed by atoms with E-state index >= 15 is 0 Å². The van der Waals surface area contributed by atoms with Crippen LogP contribution in [0.3, 0.4) is 0 Å². The van der Waals surface area contributed by atoms with Gasteiger partial charge in [0.05, 0.1) is 0 Å². The molecular formula is C28H37N5O4S. The predicted octanol–water partition coefficient (Wildman–Crippen LogP) is 4.58. The van der Waals surface area contributed by atoms with Gasteiger partial charge in [0.1, 0.15) is 17.1 Å². The van der Waals surface area contributed by atoms with Gasteiger partial charge in [-0.3, -0.25) is 4.79 Å². The summed E-state index contributed by atoms with van der Waals surface area (Å²) in [6.07, 6.45) is 0. The molecule has 0 radical (unpaired) electrons. The Morgan fingerprint density at radius 3 is 2.26 bits per heavy atom. The number of benzene rings is 1. The Kier molecular flexibility index (Phi) is 8.79. The van der Waals surface area contributed by atoms with Crippen LogP contribution in [0.25, 0.3) is 0 Å². The zero-order valence-electron chi connectivity index (χ0n) is 23.3. The van der Waals surface area contributed by atoms with Crippen LogP contribution < -0.4 is 14.8 Å². The van der Waals surface area contributed by atoms with Gasteiger partial charge in [-0.25, -0.2) is 14.7 Å². The third-order valence-electron chi connectivity index (χ3n) is 5.77. The van der Waals surface area contributed by atoms with Gasteiger partial charge in [-0.15, -0.1) is 0 Å². The zero-order valence-corrected chi connectivity index (χ0v) is 24.2. The van der Waals surface area contributed by atoms with Crippen LogP contribution in [-0.2, 0) is 15.4 Å². The third-order valence-corrected chi connectivity index (χ3v) is 7.00. The Labute approximate surface area is 225 Å². The van der Waals surface area contributed by atoms with Gasteiger partial charge in [-0.05, 0) is 70.3 Å². The van der Waals surface area contributed by atoms with Crippen LogP contribution in [0, 0.1) is 20.8 Å². The summed E-state index contributed by atoms with van der Waals surface area (Å²) >= 11 is 0. The number of carbonyl (C=O) groups excluding carboxylic acids is 1. The first-order valence-corrected chi connectivity index (χ1v) is 13.9. The van der Waals surface area contributed by atoms with Crippen LogP contribution in [0.4, 0.5) is 5.82 Å². The number of sulfonamides is 1. The molecule has 204 valence electrons. The lowest BCUT2D eigenvalue weighted by Crippen LogP contribution is -2.32. The van der Waals surface area contributed by atoms with E-state index in [0.29, 0.717) is 23.8 Å². The molecule has 0 atom stereocenters. The van der Waals surface area contributed by atoms with Gasteiger partial charge in [-0.2, -0.15) is 8.42 Å². The van der Waals surface area contributed by atoms with Crippen molar-refractivity contribution in [3.05, 3.63) is 70.4 Å². The predicted molar refractivity (Wildman–Crippen MR) is 150 cm³/mol. The number of aromatic nitrogens is 2. The molecule has 2 N–H and O–H groups in total. The minimum absolute atomic E-state index is 0.00112. The maximum atomic E-state index is 13.3. The monoisotopic (exact) mass is 539 g/mol. The molecule has 3 aromatic rings. The Morgan fingerprint density at radius 2 is 1.66 bits per heavy atom. The van der Waals surface area contributed by atoms with E-state index in [1.54, 1.807) is 24.3 Å². The number of pyridine rings is 2. The molecule has 0 saturated carbocycles. The van der Waals surface area contributed by atoms with Crippen molar-refractivity contribution in [2.45, 2.75) is 52.0 Å². The van der Waals surface area contributed by atoms with Crippen LogP contribution in [-0.4, -0.2) is 56.4 Å². The van der Waals surface area contributed by atoms with Crippen LogP contribution in [0.2, 0.25) is 0 Å². The second-order valence-electron chi connectivity index (χ2n) is 10.7. The molecule has 0 saturated heterocycles. The Balaban J connectivity index is 1.94. The quantitative estimate of drug-likeness (QED) is 0.406. The summed E-state index contributed by atoms with van der Waals surface area (Å²) in [4.78, 5) is 24.1. The number of likely N-dealkylation sites (N-methyl/N-ethyl adjacent to an activating group) is 1. The molecule has 0 fully saturated rings. The largest absolute Gasteiger partial charge is 0.438 e. The first-order chi connectivity index (χ1) is 17.7. The lowest BCUT2D eigenvalue weighted by atomic mass is 9.91. The lowest BCUT2D eigenvalue weighted by molar-refractivity contribution is 0.0978. The van der Waals surface area contributed by atoms with Gasteiger partial charge in [0, 0.05) is 24.2 Å². The summed E-state index contributed by atoms with van der Waals surface area (Å²) in [7, 11) is -0.389. The van der Waals surface area contributed by atoms with Crippen molar-refractivity contribution < 1.29 is 17.9 Å². The molecule has 3 rings (SSSR count). The van der Waals surface area contributed by atoms with E-state index in [1.807, 2.05) is 72.7 Å². The van der Waals surface area contributed by atoms with Gasteiger partial charge in [-0.1, -0.05) is 44.5 Å². The molecule has 0 bridgehead atoms. The third kappa shape index (κ3) is 7.29. The fraction of sp³-hybridized carbons (Fsp3) is 0.393. The first-order valence-electron chi connectivity index (χ1n) is 12.4. The Bertz CT molecular complexity index is 1410. The van der Waals surface area contributed by atoms with Crippen LogP contribution in [0.15, 0.2) is 47.5 Å². The number of carbonyl (C=O) groups is 1.